The van der Waals surface area contributed by atoms with Crippen molar-refractivity contribution < 1.29 is 83.6 Å². The number of nitriles is 5. The van der Waals surface area contributed by atoms with E-state index in [1.165, 1.54) is 62.0 Å². The number of aryl methyl sites for hydroxylation is 1. The number of ether oxygens (including phenoxy) is 1. The normalized spacial score (nSPS) is 11.3. The molecule has 121 heavy (non-hydrogen) atoms. The molecular formula is C82H70BF11N20O7. The number of halogens is 11. The Balaban J connectivity index is 0.000000222. The third kappa shape index (κ3) is 27.5. The molecule has 2 aliphatic rings. The molecule has 0 spiro atoms. The van der Waals surface area contributed by atoms with Crippen molar-refractivity contribution in [1.29, 1.82) is 26.3 Å². The quantitative estimate of drug-likeness (QED) is 0.0275. The second kappa shape index (κ2) is 48.4. The molecule has 2 aliphatic carbocycles. The van der Waals surface area contributed by atoms with Crippen LogP contribution < -0.4 is 11.1 Å². The standard InChI is InChI=1S/C17H12F2N4.C15H10F2N4.C14H10F2N4O.C14H8F2N4.C8H8N2.C5H4F2N2.C4H8O2.C3H7BO2.CH3F.CO2/c18-17(19)14-7-10(9-21-22-14)16-13(8-20)12-3-1-2-4-15(12)23(16)11-5-6-11;1-21-13-5-3-2-4-10(13)11(7-18)14(21)9-6-12(15(16)17)20-19-8-9;15-13(16)12-7-10(8-18-20-12)14(21)19-11-4-2-1-3-9(11)5-6-17;15-14(16)12-5-8(7-18-20-12)13-10(6-17)9-3-1-2-4-11(9)19-13;9-6-5-7-3-1-2-4-8(7)10;6-5(7)4-2-1-3-8-9-4;1-3-6-4(2)5;5-4(6)3-1-2-3;1-2;2-1-3/h1-4,7,9,11,17H,5-6H2;2-6,8,15H,1H3;1-4,7-8,13H,5H2,(H,19,21);1-5,7,14,19H;1-4H,5,10H2;1-3,5H;3H2,1-2H3;3,5-6H,1-2H2;1H3;/i;;;;;;;;1D;. The highest BCUT2D eigenvalue weighted by molar-refractivity contribution is 6.44. The van der Waals surface area contributed by atoms with Crippen LogP contribution in [0.2, 0.25) is 5.82 Å². The van der Waals surface area contributed by atoms with Gasteiger partial charge < -0.3 is 40.0 Å². The number of nitrogens with zero attached hydrogens (tertiary/aromatic N) is 17. The number of alkyl halides is 11. The Labute approximate surface area is 684 Å². The molecule has 2 fully saturated rings. The largest absolute Gasteiger partial charge is 0.466 e. The van der Waals surface area contributed by atoms with E-state index < -0.39 is 69.4 Å². The van der Waals surface area contributed by atoms with Crippen molar-refractivity contribution >= 4 is 69.2 Å². The number of fused-ring (bicyclic) bond motifs is 3. The van der Waals surface area contributed by atoms with E-state index in [-0.39, 0.29) is 41.3 Å². The van der Waals surface area contributed by atoms with Crippen LogP contribution in [-0.2, 0) is 39.0 Å². The fraction of sp³-hybridized carbons (Fsp3) is 0.220. The van der Waals surface area contributed by atoms with Gasteiger partial charge in [0.15, 0.2) is 0 Å². The van der Waals surface area contributed by atoms with Crippen LogP contribution in [0.25, 0.3) is 66.5 Å². The van der Waals surface area contributed by atoms with Crippen LogP contribution in [0.4, 0.5) is 59.7 Å². The minimum atomic E-state index is -2.80. The number of nitrogens with two attached hydrogens (primary N) is 1. The molecular weight excluding hydrogens is 1600 g/mol. The molecule has 0 radical (unpaired) electrons. The molecule has 0 bridgehead atoms. The first-order valence-corrected chi connectivity index (χ1v) is 35.5. The number of aromatic nitrogens is 13. The van der Waals surface area contributed by atoms with Crippen LogP contribution in [0.3, 0.4) is 0 Å². The number of benzene rings is 5. The molecule has 5 aromatic carbocycles. The molecule has 0 aliphatic heterocycles. The number of nitrogens with one attached hydrogen (secondary N) is 2. The predicted molar refractivity (Wildman–Crippen MR) is 419 cm³/mol. The van der Waals surface area contributed by atoms with Gasteiger partial charge in [0.2, 0.25) is 0 Å². The second-order valence-electron chi connectivity index (χ2n) is 24.8. The predicted octanol–water partition coefficient (Wildman–Crippen LogP) is 16.8. The maximum Gasteiger partial charge on any atom is 0.454 e. The number of esters is 1. The number of hydrogen-bond donors (Lipinski definition) is 5. The molecule has 39 heteroatoms. The average molecular weight is 1670 g/mol. The van der Waals surface area contributed by atoms with E-state index in [9.17, 15) is 73.7 Å². The van der Waals surface area contributed by atoms with E-state index in [0.717, 1.165) is 76.2 Å². The summed E-state index contributed by atoms with van der Waals surface area (Å²) in [6, 6.07) is 54.8. The van der Waals surface area contributed by atoms with Gasteiger partial charge in [0.25, 0.3) is 38.0 Å². The fourth-order valence-electron chi connectivity index (χ4n) is 11.1. The summed E-state index contributed by atoms with van der Waals surface area (Å²) in [6.07, 6.45) is -1.92. The maximum absolute atomic E-state index is 12.9. The van der Waals surface area contributed by atoms with Gasteiger partial charge in [0.1, 0.15) is 46.7 Å². The number of H-pyrrole nitrogens is 1. The van der Waals surface area contributed by atoms with E-state index in [0.29, 0.717) is 86.5 Å². The first-order chi connectivity index (χ1) is 58.7. The number of rotatable bonds is 15. The van der Waals surface area contributed by atoms with Gasteiger partial charge in [0.05, 0.1) is 110 Å². The van der Waals surface area contributed by atoms with Gasteiger partial charge in [0, 0.05) is 81.5 Å². The summed E-state index contributed by atoms with van der Waals surface area (Å²) in [5.41, 5.74) is 13.2. The molecule has 0 saturated heterocycles. The van der Waals surface area contributed by atoms with Crippen LogP contribution in [0.1, 0.15) is 146 Å². The summed E-state index contributed by atoms with van der Waals surface area (Å²) in [6.45, 7) is 3.65. The van der Waals surface area contributed by atoms with Gasteiger partial charge in [-0.2, -0.15) is 61.4 Å². The summed E-state index contributed by atoms with van der Waals surface area (Å²) in [7, 11) is -0.244. The van der Waals surface area contributed by atoms with Gasteiger partial charge in [-0.15, -0.1) is 25.5 Å². The number of para-hydroxylation sites is 5. The van der Waals surface area contributed by atoms with Crippen LogP contribution >= 0.6 is 0 Å². The van der Waals surface area contributed by atoms with E-state index in [1.807, 2.05) is 97.1 Å². The monoisotopic (exact) mass is 1670 g/mol. The lowest BCUT2D eigenvalue weighted by atomic mass is 9.84. The zero-order valence-electron chi connectivity index (χ0n) is 64.9. The first kappa shape index (κ1) is 93.1. The summed E-state index contributed by atoms with van der Waals surface area (Å²) in [5.74, 6) is -0.584. The summed E-state index contributed by atoms with van der Waals surface area (Å²) in [5, 5.41) is 101. The molecule has 6 N–H and O–H groups in total. The Hall–Kier alpha value is -15.1. The topological polar surface area (TPSA) is 430 Å². The number of aromatic amines is 1. The van der Waals surface area contributed by atoms with Crippen LogP contribution in [0.15, 0.2) is 189 Å². The molecule has 15 rings (SSSR count). The molecule has 27 nitrogen and oxygen atoms in total. The number of amides is 1. The molecule has 8 heterocycles. The van der Waals surface area contributed by atoms with Crippen molar-refractivity contribution in [3.05, 3.63) is 251 Å². The number of anilines is 2. The lowest BCUT2D eigenvalue weighted by Crippen LogP contribution is -2.14. The van der Waals surface area contributed by atoms with Crippen molar-refractivity contribution in [2.24, 2.45) is 7.05 Å². The van der Waals surface area contributed by atoms with Gasteiger partial charge in [-0.3, -0.25) is 14.0 Å². The Morgan fingerprint density at radius 1 is 0.570 bits per heavy atom. The zero-order valence-corrected chi connectivity index (χ0v) is 63.9. The van der Waals surface area contributed by atoms with Gasteiger partial charge >= 0.3 is 19.2 Å². The van der Waals surface area contributed by atoms with E-state index in [1.54, 1.807) is 54.9 Å². The lowest BCUT2D eigenvalue weighted by Gasteiger charge is -2.10. The van der Waals surface area contributed by atoms with Crippen molar-refractivity contribution in [2.75, 3.05) is 24.8 Å². The highest BCUT2D eigenvalue weighted by Crippen LogP contribution is 2.45. The van der Waals surface area contributed by atoms with Gasteiger partial charge in [-0.05, 0) is 103 Å². The smallest absolute Gasteiger partial charge is 0.454 e. The minimum Gasteiger partial charge on any atom is -0.466 e. The molecule has 13 aromatic rings. The summed E-state index contributed by atoms with van der Waals surface area (Å²) in [4.78, 5) is 41.2. The SMILES string of the molecule is CCOC(C)=O.Cn1c(-c2cnnc(C(F)F)c2)c(C#N)c2ccccc21.FC(F)c1cccnn1.N#CCc1ccccc1N.N#CCc1ccccc1NC(=O)c1cnnc(C(F)F)c1.N#Cc1c(-c2cnnc(C(F)F)c2)[nH]c2ccccc12.N#Cc1c(-c2cnnc(C(F)F)c2)n(C2CC2)c2ccccc12.O=C=O.OB(O)C1CC1.[2H]CF. The number of carbonyl (C=O) groups excluding carboxylic acids is 4. The third-order valence-electron chi connectivity index (χ3n) is 16.7. The number of nitrogen functional groups attached to an aromatic ring is 1. The third-order valence-corrected chi connectivity index (χ3v) is 16.7. The van der Waals surface area contributed by atoms with Crippen LogP contribution in [0, 0.1) is 56.7 Å². The second-order valence-corrected chi connectivity index (χ2v) is 24.8. The van der Waals surface area contributed by atoms with E-state index >= 15 is 0 Å². The van der Waals surface area contributed by atoms with Crippen molar-refractivity contribution in [3.63, 3.8) is 0 Å². The Bertz CT molecular complexity index is 5870. The molecule has 0 atom stereocenters. The lowest BCUT2D eigenvalue weighted by molar-refractivity contribution is -0.191. The van der Waals surface area contributed by atoms with E-state index in [4.69, 9.17) is 37.3 Å². The molecule has 2 saturated carbocycles. The minimum absolute atomic E-state index is 0.0212. The first-order valence-electron chi connectivity index (χ1n) is 36.2. The highest BCUT2D eigenvalue weighted by atomic mass is 19.3. The van der Waals surface area contributed by atoms with Gasteiger partial charge in [-0.1, -0.05) is 104 Å². The zero-order chi connectivity index (χ0) is 89.4. The fourth-order valence-corrected chi connectivity index (χ4v) is 11.1. The van der Waals surface area contributed by atoms with E-state index in [2.05, 4.69) is 88.8 Å². The average Bonchev–Trinajstić information content (AvgIpc) is 1.58. The Kier molecular flexibility index (Phi) is 37.3. The highest BCUT2D eigenvalue weighted by Gasteiger charge is 2.34. The van der Waals surface area contributed by atoms with Crippen molar-refractivity contribution in [1.82, 2.24) is 65.1 Å². The van der Waals surface area contributed by atoms with Crippen molar-refractivity contribution in [3.8, 4) is 64.1 Å². The molecule has 0 unspecified atom stereocenters. The molecule has 8 aromatic heterocycles. The van der Waals surface area contributed by atoms with Gasteiger partial charge in [-0.25, -0.2) is 43.9 Å². The van der Waals surface area contributed by atoms with Crippen LogP contribution in [0.5, 0.6) is 0 Å². The van der Waals surface area contributed by atoms with Crippen molar-refractivity contribution in [2.45, 2.75) is 96.4 Å². The van der Waals surface area contributed by atoms with Crippen LogP contribution in [-0.4, -0.2) is 114 Å². The number of hydrogen-bond acceptors (Lipinski definition) is 23. The maximum atomic E-state index is 12.9. The molecule has 1 amide bonds. The Morgan fingerprint density at radius 2 is 1.01 bits per heavy atom. The number of carbonyl (C=O) groups is 2. The summed E-state index contributed by atoms with van der Waals surface area (Å²) >= 11 is 0. The summed E-state index contributed by atoms with van der Waals surface area (Å²) < 4.78 is 149. The molecule has 620 valence electrons. The Morgan fingerprint density at radius 3 is 1.47 bits per heavy atom.